The lowest BCUT2D eigenvalue weighted by Crippen LogP contribution is -2.35. The molecule has 1 aliphatic carbocycles. The molecule has 2 aromatic rings. The number of nitrogens with zero attached hydrogens (tertiary/aromatic N) is 5. The van der Waals surface area contributed by atoms with Gasteiger partial charge in [0, 0.05) is 37.7 Å². The molecule has 3 heterocycles. The zero-order valence-corrected chi connectivity index (χ0v) is 19.5. The number of hydroxylamine groups is 1. The molecule has 2 fully saturated rings. The van der Waals surface area contributed by atoms with Gasteiger partial charge in [-0.2, -0.15) is 15.0 Å². The molecule has 2 amide bonds. The number of alkyl halides is 2. The average Bonchev–Trinajstić information content (AvgIpc) is 3.49. The van der Waals surface area contributed by atoms with E-state index < -0.39 is 23.7 Å². The SMILES string of the molecule is CCNC(=O)c1nc(OCC2CC2(F)F)nc(N2CCC(c3cccc(C(=O)NOC)n3)CC2)n1. The number of aromatic nitrogens is 4. The first-order valence-electron chi connectivity index (χ1n) is 11.4. The van der Waals surface area contributed by atoms with Crippen molar-refractivity contribution in [1.82, 2.24) is 30.7 Å². The number of ether oxygens (including phenoxy) is 1. The summed E-state index contributed by atoms with van der Waals surface area (Å²) >= 11 is 0. The van der Waals surface area contributed by atoms with Gasteiger partial charge in [-0.15, -0.1) is 0 Å². The third-order valence-corrected chi connectivity index (χ3v) is 5.91. The van der Waals surface area contributed by atoms with Gasteiger partial charge in [-0.3, -0.25) is 14.4 Å². The van der Waals surface area contributed by atoms with Crippen molar-refractivity contribution in [2.45, 2.75) is 38.0 Å². The summed E-state index contributed by atoms with van der Waals surface area (Å²) in [5.41, 5.74) is 3.31. The van der Waals surface area contributed by atoms with Crippen LogP contribution in [0.4, 0.5) is 14.7 Å². The minimum absolute atomic E-state index is 0.110. The second-order valence-electron chi connectivity index (χ2n) is 8.42. The molecule has 1 aliphatic heterocycles. The van der Waals surface area contributed by atoms with Crippen LogP contribution in [0.2, 0.25) is 0 Å². The van der Waals surface area contributed by atoms with Gasteiger partial charge in [0.05, 0.1) is 13.0 Å². The van der Waals surface area contributed by atoms with Gasteiger partial charge in [0.25, 0.3) is 17.7 Å². The number of amides is 2. The molecule has 2 N–H and O–H groups in total. The monoisotopic (exact) mass is 491 g/mol. The lowest BCUT2D eigenvalue weighted by Gasteiger charge is -2.32. The maximum atomic E-state index is 13.2. The molecule has 11 nitrogen and oxygen atoms in total. The van der Waals surface area contributed by atoms with E-state index in [0.717, 1.165) is 5.69 Å². The maximum absolute atomic E-state index is 13.2. The van der Waals surface area contributed by atoms with Crippen molar-refractivity contribution in [3.63, 3.8) is 0 Å². The molecule has 1 unspecified atom stereocenters. The Morgan fingerprint density at radius 3 is 2.54 bits per heavy atom. The van der Waals surface area contributed by atoms with Gasteiger partial charge in [0.2, 0.25) is 11.8 Å². The standard InChI is InChI=1S/C22H27F2N7O4/c1-3-25-19(33)17-27-20(29-21(28-17)35-12-14-11-22(14,23)24)31-9-7-13(8-10-31)15-5-4-6-16(26-15)18(32)30-34-2/h4-6,13-14H,3,7-12H2,1-2H3,(H,25,33)(H,30,32). The minimum Gasteiger partial charge on any atom is -0.463 e. The first kappa shape index (κ1) is 24.6. The predicted molar refractivity (Wildman–Crippen MR) is 119 cm³/mol. The Labute approximate surface area is 200 Å². The van der Waals surface area contributed by atoms with Crippen LogP contribution >= 0.6 is 0 Å². The fourth-order valence-electron chi connectivity index (χ4n) is 3.84. The largest absolute Gasteiger partial charge is 0.463 e. The Balaban J connectivity index is 1.45. The zero-order chi connectivity index (χ0) is 25.0. The summed E-state index contributed by atoms with van der Waals surface area (Å²) in [5, 5.41) is 2.63. The third-order valence-electron chi connectivity index (χ3n) is 5.91. The van der Waals surface area contributed by atoms with Gasteiger partial charge in [0.15, 0.2) is 0 Å². The summed E-state index contributed by atoms with van der Waals surface area (Å²) in [6, 6.07) is 5.11. The Bertz CT molecular complexity index is 1080. The topological polar surface area (TPSA) is 131 Å². The van der Waals surface area contributed by atoms with E-state index in [1.807, 2.05) is 11.0 Å². The van der Waals surface area contributed by atoms with Gasteiger partial charge in [0.1, 0.15) is 12.3 Å². The van der Waals surface area contributed by atoms with Crippen molar-refractivity contribution in [3.05, 3.63) is 35.4 Å². The summed E-state index contributed by atoms with van der Waals surface area (Å²) in [6.45, 7) is 3.02. The zero-order valence-electron chi connectivity index (χ0n) is 19.5. The Hall–Kier alpha value is -3.48. The maximum Gasteiger partial charge on any atom is 0.321 e. The highest BCUT2D eigenvalue weighted by Crippen LogP contribution is 2.48. The highest BCUT2D eigenvalue weighted by Gasteiger charge is 2.57. The molecule has 4 rings (SSSR count). The number of halogens is 2. The van der Waals surface area contributed by atoms with Crippen molar-refractivity contribution in [2.75, 3.05) is 38.3 Å². The first-order chi connectivity index (χ1) is 16.8. The molecule has 1 saturated heterocycles. The highest BCUT2D eigenvalue weighted by atomic mass is 19.3. The average molecular weight is 491 g/mol. The number of piperidine rings is 1. The van der Waals surface area contributed by atoms with E-state index in [4.69, 9.17) is 4.74 Å². The highest BCUT2D eigenvalue weighted by molar-refractivity contribution is 5.91. The lowest BCUT2D eigenvalue weighted by molar-refractivity contribution is 0.0532. The molecule has 2 aliphatic rings. The van der Waals surface area contributed by atoms with Gasteiger partial charge in [-0.05, 0) is 31.9 Å². The normalized spacial score (nSPS) is 19.2. The first-order valence-corrected chi connectivity index (χ1v) is 11.4. The van der Waals surface area contributed by atoms with E-state index in [-0.39, 0.29) is 42.4 Å². The van der Waals surface area contributed by atoms with Crippen LogP contribution in [-0.2, 0) is 4.84 Å². The summed E-state index contributed by atoms with van der Waals surface area (Å²) in [4.78, 5) is 47.9. The molecule has 0 aromatic carbocycles. The Kier molecular flexibility index (Phi) is 7.34. The molecule has 188 valence electrons. The number of hydrogen-bond donors (Lipinski definition) is 2. The molecule has 2 aromatic heterocycles. The van der Waals surface area contributed by atoms with Gasteiger partial charge >= 0.3 is 6.01 Å². The van der Waals surface area contributed by atoms with Gasteiger partial charge in [-0.25, -0.2) is 19.2 Å². The molecule has 1 atom stereocenters. The number of rotatable bonds is 9. The number of pyridine rings is 1. The molecule has 13 heteroatoms. The third kappa shape index (κ3) is 5.96. The number of carbonyl (C=O) groups excluding carboxylic acids is 2. The van der Waals surface area contributed by atoms with E-state index in [1.165, 1.54) is 7.11 Å². The number of nitrogens with one attached hydrogen (secondary N) is 2. The lowest BCUT2D eigenvalue weighted by atomic mass is 9.93. The van der Waals surface area contributed by atoms with Crippen LogP contribution in [0.3, 0.4) is 0 Å². The number of anilines is 1. The Morgan fingerprint density at radius 2 is 1.89 bits per heavy atom. The Morgan fingerprint density at radius 1 is 1.14 bits per heavy atom. The summed E-state index contributed by atoms with van der Waals surface area (Å²) in [6.07, 6.45) is 1.17. The fourth-order valence-corrected chi connectivity index (χ4v) is 3.84. The summed E-state index contributed by atoms with van der Waals surface area (Å²) < 4.78 is 31.8. The molecule has 1 saturated carbocycles. The summed E-state index contributed by atoms with van der Waals surface area (Å²) in [5.74, 6) is -4.29. The predicted octanol–water partition coefficient (Wildman–Crippen LogP) is 1.73. The van der Waals surface area contributed by atoms with Crippen LogP contribution in [0.5, 0.6) is 6.01 Å². The van der Waals surface area contributed by atoms with Crippen molar-refractivity contribution >= 4 is 17.8 Å². The van der Waals surface area contributed by atoms with Crippen molar-refractivity contribution < 1.29 is 27.9 Å². The van der Waals surface area contributed by atoms with E-state index >= 15 is 0 Å². The molecule has 0 bridgehead atoms. The second kappa shape index (κ2) is 10.4. The van der Waals surface area contributed by atoms with Crippen molar-refractivity contribution in [3.8, 4) is 6.01 Å². The van der Waals surface area contributed by atoms with E-state index in [0.29, 0.717) is 32.5 Å². The van der Waals surface area contributed by atoms with Crippen molar-refractivity contribution in [1.29, 1.82) is 0 Å². The molecular weight excluding hydrogens is 464 g/mol. The van der Waals surface area contributed by atoms with Gasteiger partial charge in [-0.1, -0.05) is 6.07 Å². The molecule has 0 spiro atoms. The van der Waals surface area contributed by atoms with E-state index in [9.17, 15) is 18.4 Å². The fraction of sp³-hybridized carbons (Fsp3) is 0.545. The molecular formula is C22H27F2N7O4. The number of carbonyl (C=O) groups is 2. The van der Waals surface area contributed by atoms with Gasteiger partial charge < -0.3 is 15.0 Å². The van der Waals surface area contributed by atoms with Crippen LogP contribution < -0.4 is 20.4 Å². The minimum atomic E-state index is -2.73. The van der Waals surface area contributed by atoms with Crippen LogP contribution in [0.25, 0.3) is 0 Å². The van der Waals surface area contributed by atoms with E-state index in [2.05, 4.69) is 35.6 Å². The smallest absolute Gasteiger partial charge is 0.321 e. The molecule has 35 heavy (non-hydrogen) atoms. The quantitative estimate of drug-likeness (QED) is 0.503. The number of hydrogen-bond acceptors (Lipinski definition) is 9. The molecule has 0 radical (unpaired) electrons. The second-order valence-corrected chi connectivity index (χ2v) is 8.42. The van der Waals surface area contributed by atoms with Crippen LogP contribution in [0.1, 0.15) is 58.9 Å². The van der Waals surface area contributed by atoms with Crippen molar-refractivity contribution in [2.24, 2.45) is 5.92 Å². The summed E-state index contributed by atoms with van der Waals surface area (Å²) in [7, 11) is 1.35. The van der Waals surface area contributed by atoms with Crippen LogP contribution in [0.15, 0.2) is 18.2 Å². The van der Waals surface area contributed by atoms with Crippen LogP contribution in [0, 0.1) is 5.92 Å². The van der Waals surface area contributed by atoms with Crippen LogP contribution in [-0.4, -0.2) is 71.0 Å². The van der Waals surface area contributed by atoms with E-state index in [1.54, 1.807) is 19.1 Å².